The molecule has 1 heterocycles. The minimum Gasteiger partial charge on any atom is -0.478 e. The van der Waals surface area contributed by atoms with Gasteiger partial charge in [-0.3, -0.25) is 14.4 Å². The predicted octanol–water partition coefficient (Wildman–Crippen LogP) is 4.62. The molecule has 3 aliphatic rings. The fourth-order valence-electron chi connectivity index (χ4n) is 7.04. The lowest BCUT2D eigenvalue weighted by molar-refractivity contribution is -0.141. The van der Waals surface area contributed by atoms with Crippen LogP contribution in [0.3, 0.4) is 0 Å². The van der Waals surface area contributed by atoms with Gasteiger partial charge in [0.25, 0.3) is 5.91 Å². The molecule has 2 fully saturated rings. The number of fused-ring (bicyclic) bond motifs is 1. The van der Waals surface area contributed by atoms with Crippen LogP contribution in [-0.4, -0.2) is 109 Å². The van der Waals surface area contributed by atoms with Crippen LogP contribution in [0.1, 0.15) is 104 Å². The van der Waals surface area contributed by atoms with Gasteiger partial charge in [-0.15, -0.1) is 0 Å². The monoisotopic (exact) mass is 749 g/mol. The molecule has 5 rings (SSSR count). The summed E-state index contributed by atoms with van der Waals surface area (Å²) in [7, 11) is 4.84. The maximum atomic E-state index is 13.4. The van der Waals surface area contributed by atoms with Crippen molar-refractivity contribution in [3.8, 4) is 0 Å². The van der Waals surface area contributed by atoms with E-state index in [4.69, 9.17) is 9.84 Å². The third-order valence-corrected chi connectivity index (χ3v) is 9.87. The van der Waals surface area contributed by atoms with Crippen LogP contribution in [0.4, 0.5) is 4.79 Å². The molecule has 54 heavy (non-hydrogen) atoms. The zero-order valence-electron chi connectivity index (χ0n) is 32.7. The Labute approximate surface area is 319 Å². The zero-order chi connectivity index (χ0) is 39.8. The number of nitrogens with one attached hydrogen (secondary N) is 3. The largest absolute Gasteiger partial charge is 0.478 e. The van der Waals surface area contributed by atoms with Crippen LogP contribution in [0.5, 0.6) is 0 Å². The van der Waals surface area contributed by atoms with E-state index in [0.29, 0.717) is 18.3 Å². The average molecular weight is 750 g/mol. The van der Waals surface area contributed by atoms with E-state index in [2.05, 4.69) is 40.2 Å². The van der Waals surface area contributed by atoms with E-state index >= 15 is 0 Å². The number of rotatable bonds is 9. The number of likely N-dealkylation sites (N-methyl/N-ethyl adjacent to an activating group) is 3. The van der Waals surface area contributed by atoms with Crippen molar-refractivity contribution in [1.29, 1.82) is 0 Å². The summed E-state index contributed by atoms with van der Waals surface area (Å²) < 4.78 is 4.98. The molecule has 2 aromatic rings. The maximum absolute atomic E-state index is 13.4. The molecular formula is C41H59N5O8. The van der Waals surface area contributed by atoms with E-state index in [1.54, 1.807) is 43.8 Å². The lowest BCUT2D eigenvalue weighted by Crippen LogP contribution is -2.54. The molecule has 0 aromatic heterocycles. The highest BCUT2D eigenvalue weighted by atomic mass is 16.6. The number of likely N-dealkylation sites (tertiary alicyclic amines) is 1. The third kappa shape index (κ3) is 13.3. The van der Waals surface area contributed by atoms with Crippen molar-refractivity contribution in [3.05, 3.63) is 70.8 Å². The molecule has 0 radical (unpaired) electrons. The van der Waals surface area contributed by atoms with Crippen LogP contribution in [0, 0.1) is 5.92 Å². The van der Waals surface area contributed by atoms with Gasteiger partial charge in [0.1, 0.15) is 17.9 Å². The second-order valence-electron chi connectivity index (χ2n) is 15.1. The normalized spacial score (nSPS) is 18.6. The maximum Gasteiger partial charge on any atom is 0.410 e. The number of carbonyl (C=O) groups excluding carboxylic acids is 5. The van der Waals surface area contributed by atoms with Crippen molar-refractivity contribution in [2.75, 3.05) is 34.2 Å². The SMILES string of the molecule is CN(CC=O)C(=O)OC(C)(C)C.CNC(=O)C1CC(NC(=O)c2ccc(C(=O)O)cc2)CN1C(=O)C(NC)C1CCCCC1.c1ccc2c(c1)CCCC2. The Bertz CT molecular complexity index is 1540. The van der Waals surface area contributed by atoms with Crippen molar-refractivity contribution < 1.29 is 38.6 Å². The summed E-state index contributed by atoms with van der Waals surface area (Å²) in [5, 5.41) is 17.7. The summed E-state index contributed by atoms with van der Waals surface area (Å²) in [4.78, 5) is 73.6. The number of benzene rings is 2. The van der Waals surface area contributed by atoms with Crippen molar-refractivity contribution >= 4 is 36.1 Å². The molecule has 3 atom stereocenters. The summed E-state index contributed by atoms with van der Waals surface area (Å²) in [6, 6.07) is 13.1. The Kier molecular flexibility index (Phi) is 17.1. The summed E-state index contributed by atoms with van der Waals surface area (Å²) in [6.45, 7) is 5.65. The molecule has 2 aliphatic carbocycles. The topological polar surface area (TPSA) is 174 Å². The standard InChI is InChI=1S/C23H32N4O5.C10H12.C8H15NO3/c1-24-19(14-6-4-3-5-7-14)22(30)27-13-17(12-18(27)21(29)25-2)26-20(28)15-8-10-16(11-9-15)23(31)32;1-2-6-10-8-4-3-7-9(10)5-1;1-8(2,3)12-7(11)9(4)5-6-10/h8-11,14,17-19,24H,3-7,12-13H2,1-2H3,(H,25,29)(H,26,28)(H,31,32);1-2,5-6H,3-4,7-8H2;6H,5H2,1-4H3. The van der Waals surface area contributed by atoms with Gasteiger partial charge in [-0.25, -0.2) is 9.59 Å². The van der Waals surface area contributed by atoms with Crippen molar-refractivity contribution in [1.82, 2.24) is 25.8 Å². The van der Waals surface area contributed by atoms with Gasteiger partial charge in [0.2, 0.25) is 11.8 Å². The molecule has 13 nitrogen and oxygen atoms in total. The quantitative estimate of drug-likeness (QED) is 0.267. The Morgan fingerprint density at radius 2 is 1.48 bits per heavy atom. The first kappa shape index (κ1) is 43.6. The summed E-state index contributed by atoms with van der Waals surface area (Å²) in [5.41, 5.74) is 3.07. The van der Waals surface area contributed by atoms with Gasteiger partial charge in [-0.2, -0.15) is 0 Å². The number of carbonyl (C=O) groups is 6. The molecule has 2 aromatic carbocycles. The number of carboxylic acids is 1. The number of ether oxygens (including phenoxy) is 1. The van der Waals surface area contributed by atoms with Crippen molar-refractivity contribution in [2.45, 2.75) is 109 Å². The lowest BCUT2D eigenvalue weighted by Gasteiger charge is -2.33. The van der Waals surface area contributed by atoms with E-state index in [0.717, 1.165) is 25.7 Å². The van der Waals surface area contributed by atoms with Crippen LogP contribution in [-0.2, 0) is 32.0 Å². The second-order valence-corrected chi connectivity index (χ2v) is 15.1. The molecule has 0 bridgehead atoms. The number of amides is 4. The fourth-order valence-corrected chi connectivity index (χ4v) is 7.04. The first-order valence-corrected chi connectivity index (χ1v) is 19.0. The number of nitrogens with zero attached hydrogens (tertiary/aromatic N) is 2. The van der Waals surface area contributed by atoms with Crippen LogP contribution in [0.15, 0.2) is 48.5 Å². The van der Waals surface area contributed by atoms with E-state index in [-0.39, 0.29) is 54.4 Å². The number of aryl methyl sites for hydroxylation is 2. The van der Waals surface area contributed by atoms with Gasteiger partial charge in [0.05, 0.1) is 18.2 Å². The Morgan fingerprint density at radius 1 is 0.907 bits per heavy atom. The fraction of sp³-hybridized carbons (Fsp3) is 0.561. The Morgan fingerprint density at radius 3 is 1.98 bits per heavy atom. The van der Waals surface area contributed by atoms with E-state index in [9.17, 15) is 28.8 Å². The van der Waals surface area contributed by atoms with Gasteiger partial charge < -0.3 is 40.4 Å². The Hall–Kier alpha value is -4.78. The molecule has 3 unspecified atom stereocenters. The molecule has 1 saturated heterocycles. The van der Waals surface area contributed by atoms with Crippen LogP contribution >= 0.6 is 0 Å². The molecule has 4 N–H and O–H groups in total. The first-order chi connectivity index (χ1) is 25.7. The second kappa shape index (κ2) is 21.2. The number of aromatic carboxylic acids is 1. The van der Waals surface area contributed by atoms with Crippen LogP contribution in [0.2, 0.25) is 0 Å². The van der Waals surface area contributed by atoms with Gasteiger partial charge >= 0.3 is 12.1 Å². The highest BCUT2D eigenvalue weighted by molar-refractivity contribution is 5.96. The van der Waals surface area contributed by atoms with Gasteiger partial charge in [0, 0.05) is 32.2 Å². The highest BCUT2D eigenvalue weighted by Gasteiger charge is 2.43. The summed E-state index contributed by atoms with van der Waals surface area (Å²) in [6.07, 6.45) is 11.3. The predicted molar refractivity (Wildman–Crippen MR) is 206 cm³/mol. The Balaban J connectivity index is 0.000000288. The van der Waals surface area contributed by atoms with Crippen LogP contribution < -0.4 is 16.0 Å². The minimum atomic E-state index is -1.06. The lowest BCUT2D eigenvalue weighted by atomic mass is 9.83. The molecule has 1 saturated carbocycles. The van der Waals surface area contributed by atoms with Crippen molar-refractivity contribution in [3.63, 3.8) is 0 Å². The molecule has 1 aliphatic heterocycles. The zero-order valence-corrected chi connectivity index (χ0v) is 32.7. The average Bonchev–Trinajstić information content (AvgIpc) is 3.59. The molecule has 0 spiro atoms. The smallest absolute Gasteiger partial charge is 0.410 e. The molecule has 4 amide bonds. The van der Waals surface area contributed by atoms with Crippen LogP contribution in [0.25, 0.3) is 0 Å². The third-order valence-electron chi connectivity index (χ3n) is 9.87. The van der Waals surface area contributed by atoms with Crippen molar-refractivity contribution in [2.24, 2.45) is 5.92 Å². The van der Waals surface area contributed by atoms with Gasteiger partial charge in [0.15, 0.2) is 0 Å². The van der Waals surface area contributed by atoms with E-state index < -0.39 is 23.7 Å². The number of aldehydes is 1. The molecule has 296 valence electrons. The number of hydrogen-bond acceptors (Lipinski definition) is 8. The van der Waals surface area contributed by atoms with Gasteiger partial charge in [-0.1, -0.05) is 43.5 Å². The summed E-state index contributed by atoms with van der Waals surface area (Å²) in [5.74, 6) is -1.54. The van der Waals surface area contributed by atoms with Gasteiger partial charge in [-0.05, 0) is 114 Å². The van der Waals surface area contributed by atoms with E-state index in [1.807, 2.05) is 0 Å². The minimum absolute atomic E-state index is 0.0644. The number of carboxylic acid groups (broad SMARTS) is 1. The first-order valence-electron chi connectivity index (χ1n) is 19.0. The summed E-state index contributed by atoms with van der Waals surface area (Å²) >= 11 is 0. The highest BCUT2D eigenvalue weighted by Crippen LogP contribution is 2.29. The molecular weight excluding hydrogens is 690 g/mol. The molecule has 13 heteroatoms. The van der Waals surface area contributed by atoms with E-state index in [1.165, 1.54) is 75.4 Å². The number of hydrogen-bond donors (Lipinski definition) is 4.